The van der Waals surface area contributed by atoms with Crippen LogP contribution in [0.1, 0.15) is 4.44 Å². The molecule has 0 aliphatic carbocycles. The summed E-state index contributed by atoms with van der Waals surface area (Å²) in [7, 11) is 1.56. The molecule has 170 valence electrons. The van der Waals surface area contributed by atoms with Crippen LogP contribution in [-0.2, 0) is 9.59 Å². The Morgan fingerprint density at radius 2 is 1.57 bits per heavy atom. The van der Waals surface area contributed by atoms with Gasteiger partial charge in [0, 0.05) is 0 Å². The van der Waals surface area contributed by atoms with E-state index in [0.29, 0.717) is 0 Å². The Hall–Kier alpha value is -3.84. The van der Waals surface area contributed by atoms with Gasteiger partial charge in [-0.05, 0) is 0 Å². The molecule has 4 heterocycles. The van der Waals surface area contributed by atoms with Gasteiger partial charge < -0.3 is 0 Å². The fraction of sp³-hybridized carbons (Fsp3) is 0.0370. The maximum atomic E-state index is 12.7. The standard InChI is InChI=1S/C27H18N4O2SSe/c1-30-26(33)21(25(32)29-27(30)34)15-16-12-13-23(35-16)31-22-11-5-4-9-19(22)17-7-2-3-8-18(17)20-10-6-14-28-24(20)31/h2-15H,1H3,(H,29,32,34)/b21-15+. The number of para-hydroxylation sites is 1. The number of benzene rings is 2. The number of likely N-dealkylation sites (N-methyl/N-ethyl adjacent to an activating group) is 1. The first kappa shape index (κ1) is 21.7. The first-order valence-corrected chi connectivity index (χ1v) is 13.0. The van der Waals surface area contributed by atoms with Crippen molar-refractivity contribution in [2.24, 2.45) is 0 Å². The van der Waals surface area contributed by atoms with Crippen LogP contribution >= 0.6 is 12.2 Å². The molecular formula is C27H18N4O2SSe. The topological polar surface area (TPSA) is 65.5 Å². The predicted octanol–water partition coefficient (Wildman–Crippen LogP) is 4.51. The summed E-state index contributed by atoms with van der Waals surface area (Å²) in [6.45, 7) is 0. The Balaban J connectivity index is 1.51. The molecule has 35 heavy (non-hydrogen) atoms. The molecule has 2 aliphatic heterocycles. The zero-order chi connectivity index (χ0) is 24.1. The minimum atomic E-state index is -0.467. The summed E-state index contributed by atoms with van der Waals surface area (Å²) in [6, 6.07) is 24.8. The van der Waals surface area contributed by atoms with Crippen LogP contribution in [0.4, 0.5) is 16.1 Å². The molecule has 4 aromatic rings. The molecule has 0 bridgehead atoms. The van der Waals surface area contributed by atoms with Gasteiger partial charge in [0.15, 0.2) is 0 Å². The normalized spacial score (nSPS) is 15.9. The number of nitrogens with one attached hydrogen (secondary N) is 1. The summed E-state index contributed by atoms with van der Waals surface area (Å²) >= 11 is 4.89. The third-order valence-electron chi connectivity index (χ3n) is 6.08. The number of aromatic nitrogens is 1. The van der Waals surface area contributed by atoms with Crippen LogP contribution in [0.3, 0.4) is 0 Å². The quantitative estimate of drug-likeness (QED) is 0.154. The van der Waals surface area contributed by atoms with E-state index >= 15 is 0 Å². The zero-order valence-corrected chi connectivity index (χ0v) is 21.1. The van der Waals surface area contributed by atoms with Gasteiger partial charge >= 0.3 is 214 Å². The number of anilines is 3. The van der Waals surface area contributed by atoms with Crippen molar-refractivity contribution >= 4 is 65.8 Å². The van der Waals surface area contributed by atoms with E-state index in [1.807, 2.05) is 36.5 Å². The molecule has 2 aromatic heterocycles. The maximum absolute atomic E-state index is 12.7. The average Bonchev–Trinajstić information content (AvgIpc) is 3.29. The molecule has 2 aliphatic rings. The molecule has 1 saturated heterocycles. The molecule has 0 atom stereocenters. The number of nitrogens with zero attached hydrogens (tertiary/aromatic N) is 3. The summed E-state index contributed by atoms with van der Waals surface area (Å²) in [4.78, 5) is 33.4. The minimum absolute atomic E-state index is 0.0890. The molecule has 6 rings (SSSR count). The van der Waals surface area contributed by atoms with Crippen LogP contribution in [0.5, 0.6) is 0 Å². The number of amides is 2. The van der Waals surface area contributed by atoms with Gasteiger partial charge in [0.05, 0.1) is 0 Å². The Kier molecular flexibility index (Phi) is 5.22. The van der Waals surface area contributed by atoms with Crippen LogP contribution in [0.25, 0.3) is 28.3 Å². The van der Waals surface area contributed by atoms with Crippen molar-refractivity contribution in [3.8, 4) is 22.3 Å². The molecule has 1 N–H and O–H groups in total. The first-order chi connectivity index (χ1) is 17.0. The van der Waals surface area contributed by atoms with Gasteiger partial charge in [0.25, 0.3) is 0 Å². The van der Waals surface area contributed by atoms with E-state index in [-0.39, 0.29) is 25.2 Å². The van der Waals surface area contributed by atoms with E-state index in [0.717, 1.165) is 42.8 Å². The van der Waals surface area contributed by atoms with E-state index in [1.165, 1.54) is 4.90 Å². The van der Waals surface area contributed by atoms with Gasteiger partial charge in [-0.3, -0.25) is 0 Å². The second-order valence-corrected chi connectivity index (χ2v) is 10.8. The van der Waals surface area contributed by atoms with Crippen molar-refractivity contribution in [3.05, 3.63) is 89.0 Å². The molecular weight excluding hydrogens is 523 g/mol. The number of pyridine rings is 1. The molecule has 0 saturated carbocycles. The fourth-order valence-corrected chi connectivity index (χ4v) is 6.60. The summed E-state index contributed by atoms with van der Waals surface area (Å²) in [5, 5.41) is 2.69. The molecule has 6 nitrogen and oxygen atoms in total. The van der Waals surface area contributed by atoms with Crippen LogP contribution in [0.2, 0.25) is 0 Å². The molecule has 0 unspecified atom stereocenters. The van der Waals surface area contributed by atoms with Crippen LogP contribution in [-0.4, -0.2) is 48.4 Å². The molecule has 0 spiro atoms. The van der Waals surface area contributed by atoms with Crippen molar-refractivity contribution in [1.82, 2.24) is 15.2 Å². The summed E-state index contributed by atoms with van der Waals surface area (Å²) in [6.07, 6.45) is 3.49. The number of fused-ring (bicyclic) bond motifs is 5. The second-order valence-electron chi connectivity index (χ2n) is 8.13. The van der Waals surface area contributed by atoms with Gasteiger partial charge in [0.2, 0.25) is 0 Å². The first-order valence-electron chi connectivity index (χ1n) is 10.9. The van der Waals surface area contributed by atoms with Gasteiger partial charge in [-0.25, -0.2) is 0 Å². The number of carbonyl (C=O) groups excluding carboxylic acids is 2. The van der Waals surface area contributed by atoms with Crippen molar-refractivity contribution in [2.75, 3.05) is 11.9 Å². The Labute approximate surface area is 213 Å². The van der Waals surface area contributed by atoms with Crippen LogP contribution in [0.15, 0.2) is 84.6 Å². The third-order valence-corrected chi connectivity index (χ3v) is 8.59. The predicted molar refractivity (Wildman–Crippen MR) is 142 cm³/mol. The van der Waals surface area contributed by atoms with E-state index in [2.05, 4.69) is 52.7 Å². The van der Waals surface area contributed by atoms with Gasteiger partial charge in [0.1, 0.15) is 0 Å². The van der Waals surface area contributed by atoms with Crippen molar-refractivity contribution in [1.29, 1.82) is 0 Å². The van der Waals surface area contributed by atoms with Crippen molar-refractivity contribution < 1.29 is 9.59 Å². The Morgan fingerprint density at radius 3 is 2.37 bits per heavy atom. The molecule has 8 heteroatoms. The SMILES string of the molecule is CN1C(=O)/C(=C/c2ccc(N3c4ccccc4-c4ccccc4-c4cccnc43)[se]2)C(=O)NC1=S. The van der Waals surface area contributed by atoms with Crippen LogP contribution in [0, 0.1) is 0 Å². The molecule has 2 amide bonds. The summed E-state index contributed by atoms with van der Waals surface area (Å²) in [5.74, 6) is -0.00536. The Morgan fingerprint density at radius 1 is 0.886 bits per heavy atom. The zero-order valence-electron chi connectivity index (χ0n) is 18.6. The second kappa shape index (κ2) is 8.43. The Bertz CT molecular complexity index is 1510. The van der Waals surface area contributed by atoms with E-state index in [9.17, 15) is 9.59 Å². The number of carbonyl (C=O) groups is 2. The van der Waals surface area contributed by atoms with E-state index in [1.54, 1.807) is 13.1 Å². The molecule has 0 radical (unpaired) electrons. The number of hydrogen-bond acceptors (Lipinski definition) is 5. The molecule has 2 aromatic carbocycles. The monoisotopic (exact) mass is 542 g/mol. The van der Waals surface area contributed by atoms with Crippen LogP contribution < -0.4 is 10.2 Å². The van der Waals surface area contributed by atoms with Crippen molar-refractivity contribution in [2.45, 2.75) is 0 Å². The summed E-state index contributed by atoms with van der Waals surface area (Å²) < 4.78 is 1.99. The number of thiocarbonyl (C=S) groups is 1. The van der Waals surface area contributed by atoms with Gasteiger partial charge in [-0.1, -0.05) is 0 Å². The van der Waals surface area contributed by atoms with Gasteiger partial charge in [-0.2, -0.15) is 0 Å². The molecule has 1 fully saturated rings. The van der Waals surface area contributed by atoms with Gasteiger partial charge in [-0.15, -0.1) is 0 Å². The summed E-state index contributed by atoms with van der Waals surface area (Å²) in [5.41, 5.74) is 5.61. The van der Waals surface area contributed by atoms with E-state index in [4.69, 9.17) is 17.2 Å². The third kappa shape index (κ3) is 3.54. The average molecular weight is 541 g/mol. The fourth-order valence-electron chi connectivity index (χ4n) is 4.40. The number of rotatable bonds is 2. The van der Waals surface area contributed by atoms with Crippen molar-refractivity contribution in [3.63, 3.8) is 0 Å². The number of hydrogen-bond donors (Lipinski definition) is 1. The van der Waals surface area contributed by atoms with E-state index < -0.39 is 11.8 Å².